The van der Waals surface area contributed by atoms with Crippen LogP contribution in [0.15, 0.2) is 84.9 Å². The van der Waals surface area contributed by atoms with Gasteiger partial charge in [-0.05, 0) is 48.4 Å². The quantitative estimate of drug-likeness (QED) is 0.313. The van der Waals surface area contributed by atoms with E-state index in [1.807, 2.05) is 30.3 Å². The molecule has 0 spiro atoms. The van der Waals surface area contributed by atoms with E-state index < -0.39 is 0 Å². The molecule has 0 bridgehead atoms. The molecule has 2 heterocycles. The molecule has 1 aliphatic heterocycles. The SMILES string of the molecule is Cc1ccc2cccc3c2[n+]1[C@@]1(C)CC1(C)O3.[Al][O]c1ccc(-c2ccccc2)cc1. The third-order valence-corrected chi connectivity index (χ3v) is 7.00. The largest absolute Gasteiger partial charge is 0.654 e. The van der Waals surface area contributed by atoms with Gasteiger partial charge in [0.25, 0.3) is 5.52 Å². The van der Waals surface area contributed by atoms with E-state index in [0.717, 1.165) is 17.9 Å². The maximum Gasteiger partial charge on any atom is 0.482 e. The van der Waals surface area contributed by atoms with Gasteiger partial charge < -0.3 is 8.53 Å². The van der Waals surface area contributed by atoms with Gasteiger partial charge in [0.2, 0.25) is 5.54 Å². The van der Waals surface area contributed by atoms with Crippen LogP contribution in [0.3, 0.4) is 0 Å². The molecule has 2 atom stereocenters. The lowest BCUT2D eigenvalue weighted by Gasteiger charge is -2.24. The van der Waals surface area contributed by atoms with E-state index in [1.165, 1.54) is 27.7 Å². The summed E-state index contributed by atoms with van der Waals surface area (Å²) >= 11 is 2.24. The van der Waals surface area contributed by atoms with Crippen molar-refractivity contribution in [1.82, 2.24) is 0 Å². The molecule has 1 aromatic heterocycles. The van der Waals surface area contributed by atoms with E-state index in [1.54, 1.807) is 0 Å². The normalized spacial score (nSPS) is 22.5. The Morgan fingerprint density at radius 1 is 0.839 bits per heavy atom. The molecule has 2 aliphatic rings. The average Bonchev–Trinajstić information content (AvgIpc) is 3.38. The number of aryl methyl sites for hydroxylation is 1. The maximum atomic E-state index is 6.20. The molecule has 0 N–H and O–H groups in total. The highest BCUT2D eigenvalue weighted by Gasteiger charge is 2.75. The van der Waals surface area contributed by atoms with Gasteiger partial charge in [-0.1, -0.05) is 48.5 Å². The van der Waals surface area contributed by atoms with Crippen molar-refractivity contribution in [2.75, 3.05) is 0 Å². The minimum absolute atomic E-state index is 0.0228. The summed E-state index contributed by atoms with van der Waals surface area (Å²) in [5, 5.41) is 1.27. The molecule has 4 aromatic rings. The van der Waals surface area contributed by atoms with Crippen LogP contribution >= 0.6 is 0 Å². The van der Waals surface area contributed by atoms with Crippen molar-refractivity contribution in [2.24, 2.45) is 0 Å². The van der Waals surface area contributed by atoms with E-state index in [4.69, 9.17) is 8.53 Å². The van der Waals surface area contributed by atoms with Gasteiger partial charge in [0.15, 0.2) is 17.0 Å². The number of nitrogens with zero attached hydrogens (tertiary/aromatic N) is 1. The van der Waals surface area contributed by atoms with Gasteiger partial charge in [0.1, 0.15) is 0 Å². The first-order valence-corrected chi connectivity index (χ1v) is 11.1. The summed E-state index contributed by atoms with van der Waals surface area (Å²) in [6.07, 6.45) is 1.10. The van der Waals surface area contributed by atoms with Crippen LogP contribution in [0.1, 0.15) is 26.0 Å². The summed E-state index contributed by atoms with van der Waals surface area (Å²) in [7, 11) is 0. The Morgan fingerprint density at radius 2 is 1.55 bits per heavy atom. The number of benzene rings is 3. The number of hydrogen-bond donors (Lipinski definition) is 0. The molecule has 1 saturated carbocycles. The van der Waals surface area contributed by atoms with Crippen LogP contribution in [-0.4, -0.2) is 22.2 Å². The highest BCUT2D eigenvalue weighted by atomic mass is 27.1. The summed E-state index contributed by atoms with van der Waals surface area (Å²) in [5.74, 6) is 1.89. The molecule has 4 heteroatoms. The summed E-state index contributed by atoms with van der Waals surface area (Å²) in [6.45, 7) is 6.70. The van der Waals surface area contributed by atoms with Crippen LogP contribution in [-0.2, 0) is 5.54 Å². The Hall–Kier alpha value is -2.80. The highest BCUT2D eigenvalue weighted by Crippen LogP contribution is 2.56. The fraction of sp³-hybridized carbons (Fsp3) is 0.222. The first kappa shape index (κ1) is 20.1. The Kier molecular flexibility index (Phi) is 4.81. The molecule has 0 saturated heterocycles. The second-order valence-corrected chi connectivity index (χ2v) is 9.03. The smallest absolute Gasteiger partial charge is 0.482 e. The van der Waals surface area contributed by atoms with Gasteiger partial charge in [0.05, 0.1) is 17.6 Å². The summed E-state index contributed by atoms with van der Waals surface area (Å²) < 4.78 is 13.7. The van der Waals surface area contributed by atoms with Gasteiger partial charge >= 0.3 is 16.6 Å². The number of aromatic nitrogens is 1. The zero-order valence-electron chi connectivity index (χ0n) is 18.1. The van der Waals surface area contributed by atoms with Crippen LogP contribution in [0.25, 0.3) is 22.0 Å². The lowest BCUT2D eigenvalue weighted by molar-refractivity contribution is -0.727. The standard InChI is InChI=1S/C15H16NO.C12H10O.Al/c1-10-7-8-11-5-4-6-12-13(11)16(10)14(2)9-15(14,3)17-12;13-12-8-6-11(7-9-12)10-4-2-1-3-5-10;/h4-8H,9H2,1-3H3;1-9,13H;/q+1;;+1/p-1/t14-,15?;;/m0../s1. The molecule has 1 unspecified atom stereocenters. The van der Waals surface area contributed by atoms with Crippen LogP contribution in [0.5, 0.6) is 11.5 Å². The van der Waals surface area contributed by atoms with Crippen LogP contribution < -0.4 is 13.1 Å². The molecule has 1 aliphatic carbocycles. The molecule has 3 aromatic carbocycles. The van der Waals surface area contributed by atoms with Crippen molar-refractivity contribution < 1.29 is 13.1 Å². The van der Waals surface area contributed by atoms with E-state index >= 15 is 0 Å². The average molecular weight is 422 g/mol. The molecule has 2 radical (unpaired) electrons. The Balaban J connectivity index is 0.000000135. The molecule has 6 rings (SSSR count). The number of pyridine rings is 1. The van der Waals surface area contributed by atoms with Crippen LogP contribution in [0.2, 0.25) is 0 Å². The number of rotatable bonds is 2. The van der Waals surface area contributed by atoms with Crippen LogP contribution in [0.4, 0.5) is 0 Å². The number of hydrogen-bond acceptors (Lipinski definition) is 2. The van der Waals surface area contributed by atoms with E-state index in [-0.39, 0.29) is 11.1 Å². The maximum absolute atomic E-state index is 6.20. The first-order chi connectivity index (χ1) is 14.9. The third-order valence-electron chi connectivity index (χ3n) is 6.73. The Labute approximate surface area is 192 Å². The van der Waals surface area contributed by atoms with Gasteiger partial charge in [-0.2, -0.15) is 4.57 Å². The minimum Gasteiger partial charge on any atom is -0.654 e. The monoisotopic (exact) mass is 422 g/mol. The Morgan fingerprint density at radius 3 is 2.26 bits per heavy atom. The van der Waals surface area contributed by atoms with Crippen LogP contribution in [0, 0.1) is 6.92 Å². The van der Waals surface area contributed by atoms with Crippen molar-refractivity contribution in [3.05, 3.63) is 90.6 Å². The lowest BCUT2D eigenvalue weighted by Crippen LogP contribution is -2.55. The summed E-state index contributed by atoms with van der Waals surface area (Å²) in [4.78, 5) is 0. The van der Waals surface area contributed by atoms with Crippen molar-refractivity contribution in [2.45, 2.75) is 38.3 Å². The number of ether oxygens (including phenoxy) is 1. The fourth-order valence-corrected chi connectivity index (χ4v) is 4.92. The van der Waals surface area contributed by atoms with Crippen molar-refractivity contribution in [3.8, 4) is 22.6 Å². The topological polar surface area (TPSA) is 22.3 Å². The predicted molar refractivity (Wildman–Crippen MR) is 124 cm³/mol. The lowest BCUT2D eigenvalue weighted by atomic mass is 10.1. The van der Waals surface area contributed by atoms with E-state index in [2.05, 4.69) is 96.6 Å². The zero-order chi connectivity index (χ0) is 21.6. The number of para-hydroxylation sites is 1. The zero-order valence-corrected chi connectivity index (χ0v) is 19.3. The van der Waals surface area contributed by atoms with E-state index in [0.29, 0.717) is 0 Å². The highest BCUT2D eigenvalue weighted by molar-refractivity contribution is 6.00. The molecule has 1 fully saturated rings. The minimum atomic E-state index is -0.0228. The van der Waals surface area contributed by atoms with Crippen molar-refractivity contribution in [1.29, 1.82) is 0 Å². The Bertz CT molecular complexity index is 1260. The van der Waals surface area contributed by atoms with Gasteiger partial charge in [-0.15, -0.1) is 0 Å². The number of fused-ring (bicyclic) bond motifs is 2. The molecule has 152 valence electrons. The third kappa shape index (κ3) is 3.31. The molecule has 0 amide bonds. The molecular weight excluding hydrogens is 397 g/mol. The van der Waals surface area contributed by atoms with Crippen molar-refractivity contribution >= 4 is 27.5 Å². The van der Waals surface area contributed by atoms with Crippen molar-refractivity contribution in [3.63, 3.8) is 0 Å². The second kappa shape index (κ2) is 7.41. The van der Waals surface area contributed by atoms with Gasteiger partial charge in [0, 0.05) is 19.9 Å². The fourth-order valence-electron chi connectivity index (χ4n) is 4.77. The predicted octanol–water partition coefficient (Wildman–Crippen LogP) is 5.52. The molecule has 31 heavy (non-hydrogen) atoms. The second-order valence-electron chi connectivity index (χ2n) is 8.80. The molecule has 3 nitrogen and oxygen atoms in total. The van der Waals surface area contributed by atoms with E-state index in [9.17, 15) is 0 Å². The molecular formula is C27H25AlNO2+. The van der Waals surface area contributed by atoms with Gasteiger partial charge in [-0.25, -0.2) is 0 Å². The summed E-state index contributed by atoms with van der Waals surface area (Å²) in [5.41, 5.74) is 5.11. The summed E-state index contributed by atoms with van der Waals surface area (Å²) in [6, 6.07) is 29.0. The first-order valence-electron chi connectivity index (χ1n) is 10.6. The van der Waals surface area contributed by atoms with Gasteiger partial charge in [-0.3, -0.25) is 0 Å².